The first kappa shape index (κ1) is 16.3. The van der Waals surface area contributed by atoms with E-state index in [0.29, 0.717) is 5.69 Å². The molecule has 3 aromatic carbocycles. The van der Waals surface area contributed by atoms with Crippen molar-refractivity contribution in [3.8, 4) is 11.1 Å². The lowest BCUT2D eigenvalue weighted by atomic mass is 10.1. The van der Waals surface area contributed by atoms with E-state index in [9.17, 15) is 18.5 Å². The van der Waals surface area contributed by atoms with Gasteiger partial charge < -0.3 is 0 Å². The minimum absolute atomic E-state index is 0.0214. The van der Waals surface area contributed by atoms with Gasteiger partial charge in [0.05, 0.1) is 9.82 Å². The monoisotopic (exact) mass is 366 g/mol. The van der Waals surface area contributed by atoms with Crippen LogP contribution in [0.2, 0.25) is 0 Å². The highest BCUT2D eigenvalue weighted by Gasteiger charge is 2.20. The molecule has 0 bridgehead atoms. The standard InChI is InChI=1S/C19H14N2O4S/c22-21(23)16-6-8-17(9-7-16)26(24,25)20-15-5-10-19-14(12-15)11-13-3-1-2-4-18(13)19/h1-10,12,20H,11H2. The Morgan fingerprint density at radius 1 is 0.885 bits per heavy atom. The topological polar surface area (TPSA) is 89.3 Å². The molecule has 0 aliphatic heterocycles. The van der Waals surface area contributed by atoms with Crippen molar-refractivity contribution < 1.29 is 13.3 Å². The summed E-state index contributed by atoms with van der Waals surface area (Å²) in [6.07, 6.45) is 0.763. The van der Waals surface area contributed by atoms with E-state index < -0.39 is 14.9 Å². The number of anilines is 1. The largest absolute Gasteiger partial charge is 0.280 e. The third-order valence-corrected chi connectivity index (χ3v) is 5.80. The molecule has 0 unspecified atom stereocenters. The van der Waals surface area contributed by atoms with Crippen LogP contribution in [0.1, 0.15) is 11.1 Å². The number of sulfonamides is 1. The summed E-state index contributed by atoms with van der Waals surface area (Å²) >= 11 is 0. The smallest absolute Gasteiger partial charge is 0.269 e. The van der Waals surface area contributed by atoms with E-state index >= 15 is 0 Å². The molecule has 0 heterocycles. The van der Waals surface area contributed by atoms with E-state index in [-0.39, 0.29) is 10.6 Å². The van der Waals surface area contributed by atoms with Gasteiger partial charge in [-0.05, 0) is 52.9 Å². The Labute approximate surface area is 150 Å². The van der Waals surface area contributed by atoms with Gasteiger partial charge in [-0.3, -0.25) is 14.8 Å². The fourth-order valence-corrected chi connectivity index (χ4v) is 4.22. The number of nitrogens with zero attached hydrogens (tertiary/aromatic N) is 1. The average molecular weight is 366 g/mol. The van der Waals surface area contributed by atoms with E-state index in [1.54, 1.807) is 6.07 Å². The number of hydrogen-bond donors (Lipinski definition) is 1. The van der Waals surface area contributed by atoms with E-state index in [1.165, 1.54) is 35.4 Å². The van der Waals surface area contributed by atoms with Crippen molar-refractivity contribution in [1.29, 1.82) is 0 Å². The van der Waals surface area contributed by atoms with Gasteiger partial charge in [0.2, 0.25) is 0 Å². The summed E-state index contributed by atoms with van der Waals surface area (Å²) in [4.78, 5) is 10.1. The zero-order chi connectivity index (χ0) is 18.3. The Balaban J connectivity index is 1.61. The third kappa shape index (κ3) is 2.82. The van der Waals surface area contributed by atoms with Crippen LogP contribution < -0.4 is 4.72 Å². The molecule has 1 aliphatic rings. The second-order valence-electron chi connectivity index (χ2n) is 6.06. The van der Waals surface area contributed by atoms with Gasteiger partial charge in [-0.15, -0.1) is 0 Å². The number of fused-ring (bicyclic) bond motifs is 3. The first-order valence-electron chi connectivity index (χ1n) is 7.92. The lowest BCUT2D eigenvalue weighted by Gasteiger charge is -2.10. The Bertz CT molecular complexity index is 1120. The van der Waals surface area contributed by atoms with Gasteiger partial charge in [-0.25, -0.2) is 8.42 Å². The molecule has 0 radical (unpaired) electrons. The fraction of sp³-hybridized carbons (Fsp3) is 0.0526. The predicted molar refractivity (Wildman–Crippen MR) is 98.6 cm³/mol. The summed E-state index contributed by atoms with van der Waals surface area (Å²) in [5.74, 6) is 0. The molecular formula is C19H14N2O4S. The van der Waals surface area contributed by atoms with Crippen LogP contribution in [-0.2, 0) is 16.4 Å². The molecule has 4 rings (SSSR count). The van der Waals surface area contributed by atoms with Crippen LogP contribution in [-0.4, -0.2) is 13.3 Å². The first-order chi connectivity index (χ1) is 12.4. The molecule has 1 aliphatic carbocycles. The van der Waals surface area contributed by atoms with Gasteiger partial charge in [-0.1, -0.05) is 30.3 Å². The highest BCUT2D eigenvalue weighted by molar-refractivity contribution is 7.92. The highest BCUT2D eigenvalue weighted by Crippen LogP contribution is 2.37. The summed E-state index contributed by atoms with van der Waals surface area (Å²) < 4.78 is 27.6. The van der Waals surface area contributed by atoms with Crippen molar-refractivity contribution in [1.82, 2.24) is 0 Å². The number of nitro groups is 1. The molecule has 1 N–H and O–H groups in total. The number of benzene rings is 3. The highest BCUT2D eigenvalue weighted by atomic mass is 32.2. The average Bonchev–Trinajstić information content (AvgIpc) is 2.99. The Morgan fingerprint density at radius 2 is 1.58 bits per heavy atom. The van der Waals surface area contributed by atoms with E-state index in [1.807, 2.05) is 24.3 Å². The summed E-state index contributed by atoms with van der Waals surface area (Å²) in [7, 11) is -3.81. The molecule has 0 saturated heterocycles. The molecule has 0 saturated carbocycles. The second kappa shape index (κ2) is 5.96. The van der Waals surface area contributed by atoms with Crippen molar-refractivity contribution in [3.05, 3.63) is 88.0 Å². The maximum absolute atomic E-state index is 12.5. The lowest BCUT2D eigenvalue weighted by Crippen LogP contribution is -2.13. The van der Waals surface area contributed by atoms with Crippen LogP contribution in [0.3, 0.4) is 0 Å². The summed E-state index contributed by atoms with van der Waals surface area (Å²) in [5.41, 5.74) is 4.88. The van der Waals surface area contributed by atoms with E-state index in [4.69, 9.17) is 0 Å². The number of rotatable bonds is 4. The number of nitrogens with one attached hydrogen (secondary N) is 1. The molecule has 26 heavy (non-hydrogen) atoms. The molecule has 0 atom stereocenters. The zero-order valence-corrected chi connectivity index (χ0v) is 14.4. The first-order valence-corrected chi connectivity index (χ1v) is 9.41. The van der Waals surface area contributed by atoms with Crippen LogP contribution in [0.25, 0.3) is 11.1 Å². The molecule has 6 nitrogen and oxygen atoms in total. The van der Waals surface area contributed by atoms with Crippen molar-refractivity contribution in [3.63, 3.8) is 0 Å². The summed E-state index contributed by atoms with van der Waals surface area (Å²) in [6.45, 7) is 0. The minimum atomic E-state index is -3.81. The van der Waals surface area contributed by atoms with Gasteiger partial charge in [0.25, 0.3) is 15.7 Å². The zero-order valence-electron chi connectivity index (χ0n) is 13.5. The molecule has 0 fully saturated rings. The molecule has 0 spiro atoms. The van der Waals surface area contributed by atoms with Crippen LogP contribution in [0, 0.1) is 10.1 Å². The predicted octanol–water partition coefficient (Wildman–Crippen LogP) is 3.97. The molecule has 0 amide bonds. The quantitative estimate of drug-likeness (QED) is 0.437. The number of hydrogen-bond acceptors (Lipinski definition) is 4. The van der Waals surface area contributed by atoms with Gasteiger partial charge in [0, 0.05) is 17.8 Å². The Hall–Kier alpha value is -3.19. The van der Waals surface area contributed by atoms with Crippen molar-refractivity contribution in [2.75, 3.05) is 4.72 Å². The Morgan fingerprint density at radius 3 is 2.31 bits per heavy atom. The van der Waals surface area contributed by atoms with Crippen molar-refractivity contribution in [2.45, 2.75) is 11.3 Å². The lowest BCUT2D eigenvalue weighted by molar-refractivity contribution is -0.384. The van der Waals surface area contributed by atoms with Gasteiger partial charge in [0.1, 0.15) is 0 Å². The van der Waals surface area contributed by atoms with Crippen LogP contribution in [0.5, 0.6) is 0 Å². The molecule has 0 aromatic heterocycles. The van der Waals surface area contributed by atoms with Crippen LogP contribution in [0.4, 0.5) is 11.4 Å². The molecule has 7 heteroatoms. The second-order valence-corrected chi connectivity index (χ2v) is 7.74. The van der Waals surface area contributed by atoms with Gasteiger partial charge in [-0.2, -0.15) is 0 Å². The van der Waals surface area contributed by atoms with Gasteiger partial charge in [0.15, 0.2) is 0 Å². The van der Waals surface area contributed by atoms with Crippen LogP contribution >= 0.6 is 0 Å². The van der Waals surface area contributed by atoms with Crippen molar-refractivity contribution in [2.24, 2.45) is 0 Å². The number of nitro benzene ring substituents is 1. The minimum Gasteiger partial charge on any atom is -0.280 e. The van der Waals surface area contributed by atoms with Gasteiger partial charge >= 0.3 is 0 Å². The SMILES string of the molecule is O=[N+]([O-])c1ccc(S(=O)(=O)Nc2ccc3c(c2)Cc2ccccc2-3)cc1. The van der Waals surface area contributed by atoms with E-state index in [0.717, 1.165) is 17.5 Å². The maximum atomic E-state index is 12.5. The third-order valence-electron chi connectivity index (χ3n) is 4.40. The van der Waals surface area contributed by atoms with Crippen molar-refractivity contribution >= 4 is 21.4 Å². The normalized spacial score (nSPS) is 12.3. The molecule has 130 valence electrons. The molecular weight excluding hydrogens is 352 g/mol. The summed E-state index contributed by atoms with van der Waals surface area (Å²) in [6, 6.07) is 18.4. The number of non-ortho nitro benzene ring substituents is 1. The summed E-state index contributed by atoms with van der Waals surface area (Å²) in [5, 5.41) is 10.7. The fourth-order valence-electron chi connectivity index (χ4n) is 3.17. The van der Waals surface area contributed by atoms with E-state index in [2.05, 4.69) is 16.9 Å². The molecule has 3 aromatic rings. The Kier molecular flexibility index (Phi) is 3.73. The van der Waals surface area contributed by atoms with Crippen LogP contribution in [0.15, 0.2) is 71.6 Å². The maximum Gasteiger partial charge on any atom is 0.269 e.